The quantitative estimate of drug-likeness (QED) is 0.737. The van der Waals surface area contributed by atoms with E-state index in [2.05, 4.69) is 5.32 Å². The van der Waals surface area contributed by atoms with Gasteiger partial charge in [0.05, 0.1) is 7.11 Å². The van der Waals surface area contributed by atoms with Crippen LogP contribution < -0.4 is 15.7 Å². The lowest BCUT2D eigenvalue weighted by Gasteiger charge is -2.09. The normalized spacial score (nSPS) is 10.6. The number of fused-ring (bicyclic) bond motifs is 1. The van der Waals surface area contributed by atoms with Crippen LogP contribution in [0.5, 0.6) is 5.75 Å². The molecule has 0 radical (unpaired) electrons. The van der Waals surface area contributed by atoms with Crippen molar-refractivity contribution in [2.75, 3.05) is 7.11 Å². The van der Waals surface area contributed by atoms with Crippen molar-refractivity contribution in [2.24, 2.45) is 0 Å². The summed E-state index contributed by atoms with van der Waals surface area (Å²) in [5.74, 6) is 0.145. The van der Waals surface area contributed by atoms with Crippen LogP contribution in [-0.4, -0.2) is 13.0 Å². The van der Waals surface area contributed by atoms with Crippen LogP contribution >= 0.6 is 11.6 Å². The Morgan fingerprint density at radius 2 is 2.00 bits per heavy atom. The summed E-state index contributed by atoms with van der Waals surface area (Å²) in [5, 5.41) is 3.78. The molecule has 0 saturated carbocycles. The molecule has 6 heteroatoms. The number of methoxy groups -OCH3 is 1. The second-order valence-corrected chi connectivity index (χ2v) is 5.56. The van der Waals surface area contributed by atoms with E-state index in [-0.39, 0.29) is 12.1 Å². The molecule has 0 aliphatic rings. The summed E-state index contributed by atoms with van der Waals surface area (Å²) in [4.78, 5) is 24.3. The van der Waals surface area contributed by atoms with Gasteiger partial charge >= 0.3 is 5.63 Å². The van der Waals surface area contributed by atoms with Crippen LogP contribution in [0, 0.1) is 0 Å². The molecule has 1 heterocycles. The predicted molar refractivity (Wildman–Crippen MR) is 91.7 cm³/mol. The molecule has 0 aliphatic carbocycles. The Hall–Kier alpha value is -2.79. The van der Waals surface area contributed by atoms with E-state index in [1.807, 2.05) is 18.2 Å². The number of para-hydroxylation sites is 1. The molecule has 5 nitrogen and oxygen atoms in total. The highest BCUT2D eigenvalue weighted by molar-refractivity contribution is 6.31. The topological polar surface area (TPSA) is 68.5 Å². The highest BCUT2D eigenvalue weighted by Gasteiger charge is 2.14. The lowest BCUT2D eigenvalue weighted by atomic mass is 10.1. The molecule has 0 atom stereocenters. The van der Waals surface area contributed by atoms with Crippen molar-refractivity contribution in [1.82, 2.24) is 5.32 Å². The first-order valence-electron chi connectivity index (χ1n) is 7.22. The number of nitrogens with one attached hydrogen (secondary N) is 1. The first-order valence-corrected chi connectivity index (χ1v) is 7.60. The number of hydrogen-bond donors (Lipinski definition) is 1. The van der Waals surface area contributed by atoms with Gasteiger partial charge in [-0.15, -0.1) is 0 Å². The lowest BCUT2D eigenvalue weighted by molar-refractivity contribution is 0.0947. The standard InChI is InChI=1S/C18H14ClNO4/c1-23-15-5-3-2-4-11(15)10-20-17(21)14-9-12-8-13(19)6-7-16(12)24-18(14)22/h2-9H,10H2,1H3,(H,20,21). The first kappa shape index (κ1) is 16.1. The van der Waals surface area contributed by atoms with Gasteiger partial charge in [0.15, 0.2) is 0 Å². The Kier molecular flexibility index (Phi) is 4.53. The molecule has 1 aromatic heterocycles. The summed E-state index contributed by atoms with van der Waals surface area (Å²) in [6.07, 6.45) is 0. The van der Waals surface area contributed by atoms with Crippen LogP contribution in [0.2, 0.25) is 5.02 Å². The van der Waals surface area contributed by atoms with Crippen LogP contribution in [0.1, 0.15) is 15.9 Å². The highest BCUT2D eigenvalue weighted by Crippen LogP contribution is 2.19. The van der Waals surface area contributed by atoms with Gasteiger partial charge in [0, 0.05) is 22.5 Å². The monoisotopic (exact) mass is 343 g/mol. The van der Waals surface area contributed by atoms with Crippen molar-refractivity contribution in [3.05, 3.63) is 75.1 Å². The van der Waals surface area contributed by atoms with Crippen LogP contribution in [-0.2, 0) is 6.54 Å². The molecule has 1 N–H and O–H groups in total. The Morgan fingerprint density at radius 3 is 2.79 bits per heavy atom. The summed E-state index contributed by atoms with van der Waals surface area (Å²) < 4.78 is 10.4. The summed E-state index contributed by atoms with van der Waals surface area (Å²) in [6.45, 7) is 0.232. The third kappa shape index (κ3) is 3.26. The molecular weight excluding hydrogens is 330 g/mol. The fourth-order valence-electron chi connectivity index (χ4n) is 2.37. The van der Waals surface area contributed by atoms with Gasteiger partial charge in [-0.1, -0.05) is 29.8 Å². The van der Waals surface area contributed by atoms with Crippen molar-refractivity contribution in [3.8, 4) is 5.75 Å². The number of rotatable bonds is 4. The van der Waals surface area contributed by atoms with Gasteiger partial charge in [-0.2, -0.15) is 0 Å². The Bertz CT molecular complexity index is 965. The van der Waals surface area contributed by atoms with Gasteiger partial charge in [0.25, 0.3) is 5.91 Å². The minimum absolute atomic E-state index is 0.0698. The predicted octanol–water partition coefficient (Wildman–Crippen LogP) is 3.39. The van der Waals surface area contributed by atoms with Crippen molar-refractivity contribution < 1.29 is 13.9 Å². The summed E-state index contributed by atoms with van der Waals surface area (Å²) in [5.41, 5.74) is 0.425. The second-order valence-electron chi connectivity index (χ2n) is 5.12. The molecule has 0 unspecified atom stereocenters. The fraction of sp³-hybridized carbons (Fsp3) is 0.111. The zero-order valence-corrected chi connectivity index (χ0v) is 13.6. The van der Waals surface area contributed by atoms with Crippen molar-refractivity contribution in [3.63, 3.8) is 0 Å². The van der Waals surface area contributed by atoms with Gasteiger partial charge < -0.3 is 14.5 Å². The molecule has 1 amide bonds. The molecule has 0 spiro atoms. The molecule has 0 bridgehead atoms. The van der Waals surface area contributed by atoms with E-state index in [1.165, 1.54) is 6.07 Å². The fourth-order valence-corrected chi connectivity index (χ4v) is 2.55. The molecule has 3 aromatic rings. The van der Waals surface area contributed by atoms with Crippen molar-refractivity contribution >= 4 is 28.5 Å². The van der Waals surface area contributed by atoms with Gasteiger partial charge in [-0.25, -0.2) is 4.79 Å². The van der Waals surface area contributed by atoms with E-state index < -0.39 is 11.5 Å². The number of hydrogen-bond acceptors (Lipinski definition) is 4. The van der Waals surface area contributed by atoms with E-state index in [9.17, 15) is 9.59 Å². The molecule has 0 saturated heterocycles. The van der Waals surface area contributed by atoms with Crippen LogP contribution in [0.15, 0.2) is 57.7 Å². The van der Waals surface area contributed by atoms with E-state index in [4.69, 9.17) is 20.8 Å². The zero-order valence-electron chi connectivity index (χ0n) is 12.8. The maximum absolute atomic E-state index is 12.3. The number of ether oxygens (including phenoxy) is 1. The average Bonchev–Trinajstić information content (AvgIpc) is 2.59. The van der Waals surface area contributed by atoms with E-state index in [0.717, 1.165) is 5.56 Å². The number of benzene rings is 2. The first-order chi connectivity index (χ1) is 11.6. The molecule has 3 rings (SSSR count). The van der Waals surface area contributed by atoms with Crippen molar-refractivity contribution in [1.29, 1.82) is 0 Å². The largest absolute Gasteiger partial charge is 0.496 e. The third-order valence-corrected chi connectivity index (χ3v) is 3.81. The number of carbonyl (C=O) groups is 1. The molecule has 24 heavy (non-hydrogen) atoms. The van der Waals surface area contributed by atoms with Crippen molar-refractivity contribution in [2.45, 2.75) is 6.54 Å². The molecule has 2 aromatic carbocycles. The van der Waals surface area contributed by atoms with Crippen LogP contribution in [0.25, 0.3) is 11.0 Å². The maximum Gasteiger partial charge on any atom is 0.349 e. The van der Waals surface area contributed by atoms with Gasteiger partial charge in [-0.05, 0) is 30.3 Å². The zero-order chi connectivity index (χ0) is 17.1. The molecule has 122 valence electrons. The summed E-state index contributed by atoms with van der Waals surface area (Å²) in [6, 6.07) is 13.6. The number of carbonyl (C=O) groups excluding carboxylic acids is 1. The Morgan fingerprint density at radius 1 is 1.21 bits per heavy atom. The molecular formula is C18H14ClNO4. The minimum Gasteiger partial charge on any atom is -0.496 e. The average molecular weight is 344 g/mol. The summed E-state index contributed by atoms with van der Waals surface area (Å²) >= 11 is 5.93. The van der Waals surface area contributed by atoms with Gasteiger partial charge in [0.1, 0.15) is 16.9 Å². The highest BCUT2D eigenvalue weighted by atomic mass is 35.5. The maximum atomic E-state index is 12.3. The lowest BCUT2D eigenvalue weighted by Crippen LogP contribution is -2.28. The van der Waals surface area contributed by atoms with E-state index in [1.54, 1.807) is 31.4 Å². The molecule has 0 aliphatic heterocycles. The number of amides is 1. The van der Waals surface area contributed by atoms with Crippen LogP contribution in [0.3, 0.4) is 0 Å². The van der Waals surface area contributed by atoms with E-state index in [0.29, 0.717) is 21.7 Å². The van der Waals surface area contributed by atoms with Crippen LogP contribution in [0.4, 0.5) is 0 Å². The number of halogens is 1. The minimum atomic E-state index is -0.692. The van der Waals surface area contributed by atoms with E-state index >= 15 is 0 Å². The van der Waals surface area contributed by atoms with Gasteiger partial charge in [-0.3, -0.25) is 4.79 Å². The van der Waals surface area contributed by atoms with Gasteiger partial charge in [0.2, 0.25) is 0 Å². The SMILES string of the molecule is COc1ccccc1CNC(=O)c1cc2cc(Cl)ccc2oc1=O. The smallest absolute Gasteiger partial charge is 0.349 e. The Labute approximate surface area is 142 Å². The second kappa shape index (κ2) is 6.76. The molecule has 0 fully saturated rings. The summed E-state index contributed by atoms with van der Waals surface area (Å²) in [7, 11) is 1.56. The Balaban J connectivity index is 1.86. The third-order valence-electron chi connectivity index (χ3n) is 3.57.